The third-order valence-electron chi connectivity index (χ3n) is 7.74. The van der Waals surface area contributed by atoms with Crippen LogP contribution in [-0.4, -0.2) is 0 Å². The third kappa shape index (κ3) is 28.1. The molecule has 0 rings (SSSR count). The van der Waals surface area contributed by atoms with Gasteiger partial charge in [0.1, 0.15) is 0 Å². The summed E-state index contributed by atoms with van der Waals surface area (Å²) in [5.74, 6) is 1.89. The van der Waals surface area contributed by atoms with E-state index in [-0.39, 0.29) is 0 Å². The van der Waals surface area contributed by atoms with Gasteiger partial charge in [0.2, 0.25) is 0 Å². The van der Waals surface area contributed by atoms with Crippen LogP contribution in [0.25, 0.3) is 0 Å². The Hall–Kier alpha value is 0. The molecule has 0 N–H and O–H groups in total. The molecule has 0 atom stereocenters. The van der Waals surface area contributed by atoms with Crippen LogP contribution in [0.5, 0.6) is 0 Å². The van der Waals surface area contributed by atoms with Crippen LogP contribution in [0.4, 0.5) is 0 Å². The van der Waals surface area contributed by atoms with E-state index in [1.807, 2.05) is 0 Å². The lowest BCUT2D eigenvalue weighted by Gasteiger charge is -2.19. The van der Waals surface area contributed by atoms with Crippen molar-refractivity contribution in [2.24, 2.45) is 11.8 Å². The molecule has 0 bridgehead atoms. The Morgan fingerprint density at radius 3 is 0.818 bits per heavy atom. The van der Waals surface area contributed by atoms with Crippen molar-refractivity contribution in [3.05, 3.63) is 0 Å². The molecule has 0 nitrogen and oxygen atoms in total. The molecule has 0 amide bonds. The van der Waals surface area contributed by atoms with Gasteiger partial charge in [0.15, 0.2) is 0 Å². The SMILES string of the molecule is CCCCCCCCCCCCCCC(CCCCCCCCCCCCCC)CC(C)C. The molecule has 0 aromatic heterocycles. The van der Waals surface area contributed by atoms with Crippen LogP contribution in [0, 0.1) is 11.8 Å². The molecule has 0 aliphatic heterocycles. The summed E-state index contributed by atoms with van der Waals surface area (Å²) >= 11 is 0. The Morgan fingerprint density at radius 1 is 0.333 bits per heavy atom. The van der Waals surface area contributed by atoms with Crippen LogP contribution in [0.15, 0.2) is 0 Å². The van der Waals surface area contributed by atoms with Crippen molar-refractivity contribution in [3.8, 4) is 0 Å². The van der Waals surface area contributed by atoms with E-state index < -0.39 is 0 Å². The molecule has 0 fully saturated rings. The van der Waals surface area contributed by atoms with Gasteiger partial charge in [-0.2, -0.15) is 0 Å². The van der Waals surface area contributed by atoms with Crippen molar-refractivity contribution in [2.45, 2.75) is 201 Å². The fourth-order valence-corrected chi connectivity index (χ4v) is 5.59. The van der Waals surface area contributed by atoms with Gasteiger partial charge in [-0.15, -0.1) is 0 Å². The quantitative estimate of drug-likeness (QED) is 0.101. The topological polar surface area (TPSA) is 0 Å². The van der Waals surface area contributed by atoms with Gasteiger partial charge in [-0.1, -0.05) is 195 Å². The molecule has 0 unspecified atom stereocenters. The number of unbranched alkanes of at least 4 members (excludes halogenated alkanes) is 22. The number of hydrogen-bond donors (Lipinski definition) is 0. The van der Waals surface area contributed by atoms with Gasteiger partial charge in [-0.3, -0.25) is 0 Å². The van der Waals surface area contributed by atoms with Crippen LogP contribution in [0.1, 0.15) is 201 Å². The third-order valence-corrected chi connectivity index (χ3v) is 7.74. The normalized spacial score (nSPS) is 11.8. The fourth-order valence-electron chi connectivity index (χ4n) is 5.59. The summed E-state index contributed by atoms with van der Waals surface area (Å²) in [6.07, 6.45) is 39.8. The maximum atomic E-state index is 2.43. The second kappa shape index (κ2) is 28.2. The van der Waals surface area contributed by atoms with Gasteiger partial charge in [-0.25, -0.2) is 0 Å². The largest absolute Gasteiger partial charge is 0.0654 e. The Balaban J connectivity index is 3.51. The molecule has 0 saturated heterocycles. The van der Waals surface area contributed by atoms with E-state index in [0.717, 1.165) is 11.8 Å². The molecule has 0 aliphatic rings. The lowest BCUT2D eigenvalue weighted by molar-refractivity contribution is 0.338. The molecule has 0 aromatic carbocycles. The van der Waals surface area contributed by atoms with Crippen molar-refractivity contribution >= 4 is 0 Å². The minimum absolute atomic E-state index is 0.879. The highest BCUT2D eigenvalue weighted by Crippen LogP contribution is 2.25. The minimum Gasteiger partial charge on any atom is -0.0654 e. The van der Waals surface area contributed by atoms with E-state index >= 15 is 0 Å². The van der Waals surface area contributed by atoms with Crippen LogP contribution < -0.4 is 0 Å². The lowest BCUT2D eigenvalue weighted by Crippen LogP contribution is -2.05. The van der Waals surface area contributed by atoms with Crippen molar-refractivity contribution < 1.29 is 0 Å². The van der Waals surface area contributed by atoms with E-state index in [4.69, 9.17) is 0 Å². The smallest absolute Gasteiger partial charge is 0.0412 e. The molecule has 0 spiro atoms. The average Bonchev–Trinajstić information content (AvgIpc) is 2.80. The summed E-state index contributed by atoms with van der Waals surface area (Å²) in [5.41, 5.74) is 0. The first-order valence-electron chi connectivity index (χ1n) is 16.2. The van der Waals surface area contributed by atoms with Crippen molar-refractivity contribution in [2.75, 3.05) is 0 Å². The van der Waals surface area contributed by atoms with Gasteiger partial charge < -0.3 is 0 Å². The average molecular weight is 465 g/mol. The Kier molecular flexibility index (Phi) is 28.2. The van der Waals surface area contributed by atoms with Crippen LogP contribution in [0.2, 0.25) is 0 Å². The van der Waals surface area contributed by atoms with E-state index in [0.29, 0.717) is 0 Å². The van der Waals surface area contributed by atoms with E-state index in [2.05, 4.69) is 27.7 Å². The van der Waals surface area contributed by atoms with Gasteiger partial charge in [0, 0.05) is 0 Å². The molecule has 0 aromatic rings. The van der Waals surface area contributed by atoms with E-state index in [9.17, 15) is 0 Å². The highest BCUT2D eigenvalue weighted by Gasteiger charge is 2.10. The molecular formula is C33H68. The summed E-state index contributed by atoms with van der Waals surface area (Å²) in [6, 6.07) is 0. The first-order valence-corrected chi connectivity index (χ1v) is 16.2. The van der Waals surface area contributed by atoms with Crippen molar-refractivity contribution in [3.63, 3.8) is 0 Å². The Morgan fingerprint density at radius 2 is 0.576 bits per heavy atom. The summed E-state index contributed by atoms with van der Waals surface area (Å²) in [5, 5.41) is 0. The number of rotatable bonds is 28. The highest BCUT2D eigenvalue weighted by atomic mass is 14.2. The molecule has 33 heavy (non-hydrogen) atoms. The van der Waals surface area contributed by atoms with Crippen molar-refractivity contribution in [1.29, 1.82) is 0 Å². The summed E-state index contributed by atoms with van der Waals surface area (Å²) in [4.78, 5) is 0. The summed E-state index contributed by atoms with van der Waals surface area (Å²) in [7, 11) is 0. The first kappa shape index (κ1) is 33.0. The zero-order valence-corrected chi connectivity index (χ0v) is 24.2. The molecule has 0 heterocycles. The van der Waals surface area contributed by atoms with Crippen LogP contribution in [-0.2, 0) is 0 Å². The second-order valence-electron chi connectivity index (χ2n) is 11.9. The molecular weight excluding hydrogens is 396 g/mol. The second-order valence-corrected chi connectivity index (χ2v) is 11.9. The van der Waals surface area contributed by atoms with Gasteiger partial charge >= 0.3 is 0 Å². The standard InChI is InChI=1S/C33H68/c1-5-7-9-11-13-15-17-19-21-23-25-27-29-33(31-32(3)4)30-28-26-24-22-20-18-16-14-12-10-8-6-2/h32-33H,5-31H2,1-4H3. The molecule has 0 aliphatic carbocycles. The Labute approximate surface area is 212 Å². The van der Waals surface area contributed by atoms with Gasteiger partial charge in [-0.05, 0) is 18.3 Å². The zero-order valence-electron chi connectivity index (χ0n) is 24.2. The minimum atomic E-state index is 0.879. The molecule has 0 saturated carbocycles. The van der Waals surface area contributed by atoms with Gasteiger partial charge in [0.05, 0.1) is 0 Å². The summed E-state index contributed by atoms with van der Waals surface area (Å²) < 4.78 is 0. The highest BCUT2D eigenvalue weighted by molar-refractivity contribution is 4.63. The molecule has 0 radical (unpaired) electrons. The summed E-state index contributed by atoms with van der Waals surface area (Å²) in [6.45, 7) is 9.48. The Bertz CT molecular complexity index is 303. The van der Waals surface area contributed by atoms with E-state index in [1.165, 1.54) is 173 Å². The van der Waals surface area contributed by atoms with Crippen molar-refractivity contribution in [1.82, 2.24) is 0 Å². The van der Waals surface area contributed by atoms with Crippen LogP contribution in [0.3, 0.4) is 0 Å². The predicted molar refractivity (Wildman–Crippen MR) is 154 cm³/mol. The molecule has 200 valence electrons. The predicted octanol–water partition coefficient (Wildman–Crippen LogP) is 12.8. The maximum absolute atomic E-state index is 2.43. The monoisotopic (exact) mass is 465 g/mol. The number of hydrogen-bond acceptors (Lipinski definition) is 0. The van der Waals surface area contributed by atoms with Crippen LogP contribution >= 0.6 is 0 Å². The molecule has 0 heteroatoms. The fraction of sp³-hybridized carbons (Fsp3) is 1.00. The zero-order chi connectivity index (χ0) is 24.2. The van der Waals surface area contributed by atoms with Gasteiger partial charge in [0.25, 0.3) is 0 Å². The van der Waals surface area contributed by atoms with E-state index in [1.54, 1.807) is 0 Å². The first-order chi connectivity index (χ1) is 16.2. The maximum Gasteiger partial charge on any atom is -0.0412 e. The lowest BCUT2D eigenvalue weighted by atomic mass is 9.87.